The summed E-state index contributed by atoms with van der Waals surface area (Å²) in [5.41, 5.74) is 0.925. The van der Waals surface area contributed by atoms with Gasteiger partial charge in [-0.3, -0.25) is 4.79 Å². The molecule has 0 saturated heterocycles. The number of fused-ring (bicyclic) bond motifs is 1. The number of carbonyl (C=O) groups is 1. The van der Waals surface area contributed by atoms with Gasteiger partial charge in [-0.25, -0.2) is 9.97 Å². The Morgan fingerprint density at radius 2 is 1.88 bits per heavy atom. The van der Waals surface area contributed by atoms with Crippen molar-refractivity contribution in [1.82, 2.24) is 15.3 Å². The minimum absolute atomic E-state index is 0.0189. The van der Waals surface area contributed by atoms with Crippen LogP contribution in [0.5, 0.6) is 0 Å². The van der Waals surface area contributed by atoms with Crippen LogP contribution in [0.15, 0.2) is 41.4 Å². The van der Waals surface area contributed by atoms with Gasteiger partial charge in [0.2, 0.25) is 5.91 Å². The fourth-order valence-electron chi connectivity index (χ4n) is 2.52. The summed E-state index contributed by atoms with van der Waals surface area (Å²) in [6.07, 6.45) is 0. The molecule has 0 fully saturated rings. The predicted molar refractivity (Wildman–Crippen MR) is 111 cm³/mol. The molecule has 2 aromatic heterocycles. The van der Waals surface area contributed by atoms with Gasteiger partial charge < -0.3 is 5.32 Å². The van der Waals surface area contributed by atoms with E-state index in [1.54, 1.807) is 11.3 Å². The summed E-state index contributed by atoms with van der Waals surface area (Å²) in [5, 5.41) is 4.68. The number of amides is 1. The number of benzene rings is 1. The van der Waals surface area contributed by atoms with E-state index in [0.717, 1.165) is 25.9 Å². The zero-order valence-corrected chi connectivity index (χ0v) is 17.3. The molecule has 1 atom stereocenters. The topological polar surface area (TPSA) is 54.9 Å². The smallest absolute Gasteiger partial charge is 0.233 e. The molecule has 0 saturated carbocycles. The lowest BCUT2D eigenvalue weighted by molar-refractivity contribution is -0.121. The Morgan fingerprint density at radius 3 is 2.54 bits per heavy atom. The van der Waals surface area contributed by atoms with E-state index in [1.165, 1.54) is 17.3 Å². The van der Waals surface area contributed by atoms with Crippen LogP contribution < -0.4 is 5.32 Å². The number of rotatable bonds is 4. The average molecular weight is 386 g/mol. The largest absolute Gasteiger partial charge is 0.351 e. The third-order valence-corrected chi connectivity index (χ3v) is 5.86. The zero-order valence-electron chi connectivity index (χ0n) is 15.7. The van der Waals surface area contributed by atoms with E-state index in [2.05, 4.69) is 33.5 Å². The summed E-state index contributed by atoms with van der Waals surface area (Å²) >= 11 is 3.15. The van der Waals surface area contributed by atoms with Crippen molar-refractivity contribution in [1.29, 1.82) is 0 Å². The number of nitrogens with zero attached hydrogens (tertiary/aromatic N) is 2. The van der Waals surface area contributed by atoms with Crippen molar-refractivity contribution in [2.24, 2.45) is 0 Å². The second-order valence-electron chi connectivity index (χ2n) is 7.27. The van der Waals surface area contributed by atoms with Crippen LogP contribution >= 0.6 is 23.1 Å². The Hall–Kier alpha value is -1.92. The standard InChI is InChI=1S/C20H23N3OS2/c1-12(17(24)23-20(3,4)5)25-18-15-11-16(14-9-7-6-8-10-14)26-19(15)22-13(2)21-18/h6-12H,1-5H3,(H,23,24)/t12-/m1/s1. The van der Waals surface area contributed by atoms with Gasteiger partial charge in [0.1, 0.15) is 15.7 Å². The first-order valence-corrected chi connectivity index (χ1v) is 10.2. The van der Waals surface area contributed by atoms with Crippen molar-refractivity contribution in [3.05, 3.63) is 42.2 Å². The SMILES string of the molecule is Cc1nc(S[C@H](C)C(=O)NC(C)(C)C)c2cc(-c3ccccc3)sc2n1. The number of hydrogen-bond acceptors (Lipinski definition) is 5. The first-order chi connectivity index (χ1) is 12.2. The van der Waals surface area contributed by atoms with E-state index in [4.69, 9.17) is 0 Å². The van der Waals surface area contributed by atoms with Crippen LogP contribution in [0.2, 0.25) is 0 Å². The molecule has 1 aromatic carbocycles. The molecule has 6 heteroatoms. The minimum atomic E-state index is -0.244. The minimum Gasteiger partial charge on any atom is -0.351 e. The molecule has 0 aliphatic carbocycles. The number of nitrogens with one attached hydrogen (secondary N) is 1. The van der Waals surface area contributed by atoms with E-state index in [9.17, 15) is 4.79 Å². The molecular formula is C20H23N3OS2. The first kappa shape index (κ1) is 18.9. The summed E-state index contributed by atoms with van der Waals surface area (Å²) in [6, 6.07) is 12.4. The third-order valence-electron chi connectivity index (χ3n) is 3.68. The molecule has 0 unspecified atom stereocenters. The molecule has 2 heterocycles. The van der Waals surface area contributed by atoms with Crippen molar-refractivity contribution in [2.75, 3.05) is 0 Å². The van der Waals surface area contributed by atoms with Gasteiger partial charge in [0.05, 0.1) is 5.25 Å². The summed E-state index contributed by atoms with van der Waals surface area (Å²) in [4.78, 5) is 23.8. The van der Waals surface area contributed by atoms with Crippen molar-refractivity contribution >= 4 is 39.2 Å². The predicted octanol–water partition coefficient (Wildman–Crippen LogP) is 5.06. The molecule has 3 aromatic rings. The maximum absolute atomic E-state index is 12.4. The van der Waals surface area contributed by atoms with Crippen LogP contribution in [0.4, 0.5) is 0 Å². The molecule has 1 N–H and O–H groups in total. The van der Waals surface area contributed by atoms with Crippen LogP contribution in [0.1, 0.15) is 33.5 Å². The molecule has 0 radical (unpaired) electrons. The first-order valence-electron chi connectivity index (χ1n) is 8.55. The van der Waals surface area contributed by atoms with E-state index < -0.39 is 0 Å². The van der Waals surface area contributed by atoms with Crippen molar-refractivity contribution in [2.45, 2.75) is 50.4 Å². The Labute approximate surface area is 162 Å². The van der Waals surface area contributed by atoms with E-state index in [-0.39, 0.29) is 16.7 Å². The van der Waals surface area contributed by atoms with Crippen molar-refractivity contribution in [3.8, 4) is 10.4 Å². The van der Waals surface area contributed by atoms with Gasteiger partial charge >= 0.3 is 0 Å². The van der Waals surface area contributed by atoms with Crippen LogP contribution in [-0.2, 0) is 4.79 Å². The van der Waals surface area contributed by atoms with Crippen molar-refractivity contribution in [3.63, 3.8) is 0 Å². The molecule has 3 rings (SSSR count). The second kappa shape index (κ2) is 7.37. The summed E-state index contributed by atoms with van der Waals surface area (Å²) in [5.74, 6) is 0.746. The van der Waals surface area contributed by atoms with E-state index >= 15 is 0 Å². The van der Waals surface area contributed by atoms with Crippen LogP contribution in [0.3, 0.4) is 0 Å². The quantitative estimate of drug-likeness (QED) is 0.504. The van der Waals surface area contributed by atoms with Gasteiger partial charge in [0.25, 0.3) is 0 Å². The summed E-state index contributed by atoms with van der Waals surface area (Å²) in [7, 11) is 0. The highest BCUT2D eigenvalue weighted by Gasteiger charge is 2.22. The van der Waals surface area contributed by atoms with Crippen LogP contribution in [0, 0.1) is 6.92 Å². The van der Waals surface area contributed by atoms with E-state index in [1.807, 2.05) is 52.8 Å². The van der Waals surface area contributed by atoms with Gasteiger partial charge in [-0.05, 0) is 46.2 Å². The maximum Gasteiger partial charge on any atom is 0.233 e. The number of carbonyl (C=O) groups excluding carboxylic acids is 1. The molecule has 4 nitrogen and oxygen atoms in total. The van der Waals surface area contributed by atoms with E-state index in [0.29, 0.717) is 0 Å². The monoisotopic (exact) mass is 385 g/mol. The lowest BCUT2D eigenvalue weighted by Crippen LogP contribution is -2.44. The highest BCUT2D eigenvalue weighted by atomic mass is 32.2. The lowest BCUT2D eigenvalue weighted by Gasteiger charge is -2.23. The molecule has 0 spiro atoms. The molecule has 0 aliphatic rings. The van der Waals surface area contributed by atoms with Crippen LogP contribution in [-0.4, -0.2) is 26.7 Å². The second-order valence-corrected chi connectivity index (χ2v) is 9.63. The maximum atomic E-state index is 12.4. The van der Waals surface area contributed by atoms with Gasteiger partial charge in [-0.2, -0.15) is 0 Å². The number of hydrogen-bond donors (Lipinski definition) is 1. The Balaban J connectivity index is 1.93. The lowest BCUT2D eigenvalue weighted by atomic mass is 10.1. The zero-order chi connectivity index (χ0) is 18.9. The van der Waals surface area contributed by atoms with Crippen LogP contribution in [0.25, 0.3) is 20.7 Å². The fourth-order valence-corrected chi connectivity index (χ4v) is 4.64. The molecule has 136 valence electrons. The van der Waals surface area contributed by atoms with Crippen molar-refractivity contribution < 1.29 is 4.79 Å². The molecular weight excluding hydrogens is 362 g/mol. The van der Waals surface area contributed by atoms with Gasteiger partial charge in [0, 0.05) is 15.8 Å². The highest BCUT2D eigenvalue weighted by Crippen LogP contribution is 2.37. The Bertz CT molecular complexity index is 929. The number of aryl methyl sites for hydroxylation is 1. The summed E-state index contributed by atoms with van der Waals surface area (Å²) < 4.78 is 0. The van der Waals surface area contributed by atoms with Gasteiger partial charge in [0.15, 0.2) is 0 Å². The number of aromatic nitrogens is 2. The third kappa shape index (κ3) is 4.43. The number of thiophene rings is 1. The Kier molecular flexibility index (Phi) is 5.34. The molecule has 26 heavy (non-hydrogen) atoms. The average Bonchev–Trinajstić information content (AvgIpc) is 2.98. The van der Waals surface area contributed by atoms with Gasteiger partial charge in [-0.15, -0.1) is 11.3 Å². The molecule has 1 amide bonds. The van der Waals surface area contributed by atoms with Gasteiger partial charge in [-0.1, -0.05) is 42.1 Å². The Morgan fingerprint density at radius 1 is 1.19 bits per heavy atom. The fraction of sp³-hybridized carbons (Fsp3) is 0.350. The normalized spacial score (nSPS) is 13.0. The highest BCUT2D eigenvalue weighted by molar-refractivity contribution is 8.00. The molecule has 0 aliphatic heterocycles. The number of thioether (sulfide) groups is 1. The summed E-state index contributed by atoms with van der Waals surface area (Å²) in [6.45, 7) is 9.77. The molecule has 0 bridgehead atoms.